The second-order valence-corrected chi connectivity index (χ2v) is 12.8. The number of hydrogen-bond acceptors (Lipinski definition) is 2. The molecule has 0 saturated carbocycles. The van der Waals surface area contributed by atoms with Gasteiger partial charge in [-0.1, -0.05) is 135 Å². The molecule has 0 aliphatic rings. The lowest BCUT2D eigenvalue weighted by atomic mass is 10.0. The molecule has 242 valence electrons. The predicted molar refractivity (Wildman–Crippen MR) is 215 cm³/mol. The van der Waals surface area contributed by atoms with Crippen LogP contribution in [-0.4, -0.2) is 0 Å². The first kappa shape index (κ1) is 31.2. The summed E-state index contributed by atoms with van der Waals surface area (Å²) in [6, 6.07) is 66.2. The molecule has 2 nitrogen and oxygen atoms in total. The van der Waals surface area contributed by atoms with Gasteiger partial charge in [0.05, 0.1) is 11.4 Å². The Morgan fingerprint density at radius 1 is 0.340 bits per heavy atom. The minimum absolute atomic E-state index is 0.994. The number of fused-ring (bicyclic) bond motifs is 2. The van der Waals surface area contributed by atoms with Crippen LogP contribution in [0.2, 0.25) is 0 Å². The molecule has 0 N–H and O–H groups in total. The maximum Gasteiger partial charge on any atom is 0.0540 e. The monoisotopic (exact) mass is 644 g/mol. The molecule has 0 saturated heterocycles. The third kappa shape index (κ3) is 6.01. The summed E-state index contributed by atoms with van der Waals surface area (Å²) in [5.74, 6) is 0. The molecule has 8 aromatic carbocycles. The van der Waals surface area contributed by atoms with Gasteiger partial charge < -0.3 is 9.80 Å². The van der Waals surface area contributed by atoms with Crippen LogP contribution < -0.4 is 9.80 Å². The first-order chi connectivity index (χ1) is 24.7. The van der Waals surface area contributed by atoms with Crippen molar-refractivity contribution < 1.29 is 0 Å². The van der Waals surface area contributed by atoms with E-state index in [4.69, 9.17) is 0 Å². The van der Waals surface area contributed by atoms with Crippen molar-refractivity contribution in [2.45, 2.75) is 26.7 Å². The number of rotatable bonds is 9. The normalized spacial score (nSPS) is 11.2. The molecule has 50 heavy (non-hydrogen) atoms. The number of anilines is 6. The molecule has 0 aromatic heterocycles. The quantitative estimate of drug-likeness (QED) is 0.154. The Morgan fingerprint density at radius 3 is 1.14 bits per heavy atom. The molecule has 0 aliphatic carbocycles. The zero-order valence-electron chi connectivity index (χ0n) is 28.6. The van der Waals surface area contributed by atoms with Crippen LogP contribution in [0.1, 0.15) is 25.0 Å². The summed E-state index contributed by atoms with van der Waals surface area (Å²) in [7, 11) is 0. The Balaban J connectivity index is 1.17. The van der Waals surface area contributed by atoms with Gasteiger partial charge in [-0.25, -0.2) is 0 Å². The highest BCUT2D eigenvalue weighted by atomic mass is 15.1. The van der Waals surface area contributed by atoms with Crippen molar-refractivity contribution in [1.29, 1.82) is 0 Å². The maximum atomic E-state index is 2.39. The molecule has 0 spiro atoms. The zero-order valence-corrected chi connectivity index (χ0v) is 28.6. The van der Waals surface area contributed by atoms with E-state index in [0.29, 0.717) is 0 Å². The molecular formula is C48H40N2. The Kier molecular flexibility index (Phi) is 8.59. The molecule has 0 aliphatic heterocycles. The fourth-order valence-electron chi connectivity index (χ4n) is 7.10. The SMILES string of the molecule is CCc1cccc(N(c2ccc(-c3ccc(N(c4cccc(CC)c4)c4cccc5ccccc45)cc3)cc2)c2cccc3ccccc23)c1. The molecule has 0 bridgehead atoms. The molecule has 0 fully saturated rings. The van der Waals surface area contributed by atoms with Crippen molar-refractivity contribution in [3.05, 3.63) is 193 Å². The van der Waals surface area contributed by atoms with Gasteiger partial charge in [-0.15, -0.1) is 0 Å². The Morgan fingerprint density at radius 2 is 0.720 bits per heavy atom. The molecule has 0 radical (unpaired) electrons. The highest BCUT2D eigenvalue weighted by molar-refractivity contribution is 6.00. The van der Waals surface area contributed by atoms with Crippen LogP contribution in [0.15, 0.2) is 182 Å². The second kappa shape index (κ2) is 13.8. The van der Waals surface area contributed by atoms with Gasteiger partial charge in [0.2, 0.25) is 0 Å². The first-order valence-corrected chi connectivity index (χ1v) is 17.6. The smallest absolute Gasteiger partial charge is 0.0540 e. The summed E-state index contributed by atoms with van der Waals surface area (Å²) in [6.45, 7) is 4.43. The van der Waals surface area contributed by atoms with Crippen molar-refractivity contribution in [2.24, 2.45) is 0 Å². The van der Waals surface area contributed by atoms with Crippen LogP contribution in [0.25, 0.3) is 32.7 Å². The minimum Gasteiger partial charge on any atom is -0.310 e. The number of nitrogens with zero attached hydrogens (tertiary/aromatic N) is 2. The molecule has 8 aromatic rings. The van der Waals surface area contributed by atoms with Gasteiger partial charge in [0.15, 0.2) is 0 Å². The fourth-order valence-corrected chi connectivity index (χ4v) is 7.10. The van der Waals surface area contributed by atoms with E-state index in [0.717, 1.165) is 24.2 Å². The second-order valence-electron chi connectivity index (χ2n) is 12.8. The van der Waals surface area contributed by atoms with Crippen LogP contribution in [0, 0.1) is 0 Å². The van der Waals surface area contributed by atoms with Crippen molar-refractivity contribution >= 4 is 55.7 Å². The van der Waals surface area contributed by atoms with E-state index < -0.39 is 0 Å². The summed E-state index contributed by atoms with van der Waals surface area (Å²) >= 11 is 0. The van der Waals surface area contributed by atoms with E-state index in [2.05, 4.69) is 206 Å². The van der Waals surface area contributed by atoms with Gasteiger partial charge in [0, 0.05) is 33.5 Å². The summed E-state index contributed by atoms with van der Waals surface area (Å²) in [6.07, 6.45) is 1.99. The van der Waals surface area contributed by atoms with Crippen molar-refractivity contribution in [3.63, 3.8) is 0 Å². The number of hydrogen-bond donors (Lipinski definition) is 0. The summed E-state index contributed by atoms with van der Waals surface area (Å²) in [5.41, 5.74) is 12.0. The zero-order chi connectivity index (χ0) is 33.9. The highest BCUT2D eigenvalue weighted by Crippen LogP contribution is 2.42. The lowest BCUT2D eigenvalue weighted by molar-refractivity contribution is 1.13. The molecule has 0 atom stereocenters. The predicted octanol–water partition coefficient (Wildman–Crippen LogP) is 13.7. The van der Waals surface area contributed by atoms with Crippen molar-refractivity contribution in [2.75, 3.05) is 9.80 Å². The third-order valence-corrected chi connectivity index (χ3v) is 9.75. The van der Waals surface area contributed by atoms with Gasteiger partial charge in [-0.05, 0) is 107 Å². The van der Waals surface area contributed by atoms with Crippen LogP contribution in [0.3, 0.4) is 0 Å². The summed E-state index contributed by atoms with van der Waals surface area (Å²) in [4.78, 5) is 4.78. The molecule has 0 heterocycles. The minimum atomic E-state index is 0.994. The van der Waals surface area contributed by atoms with Crippen molar-refractivity contribution in [1.82, 2.24) is 0 Å². The summed E-state index contributed by atoms with van der Waals surface area (Å²) < 4.78 is 0. The molecule has 2 heteroatoms. The average Bonchev–Trinajstić information content (AvgIpc) is 3.19. The number of benzene rings is 8. The molecule has 8 rings (SSSR count). The molecule has 0 amide bonds. The van der Waals surface area contributed by atoms with Crippen LogP contribution in [0.4, 0.5) is 34.1 Å². The third-order valence-electron chi connectivity index (χ3n) is 9.75. The molecule has 0 unspecified atom stereocenters. The lowest BCUT2D eigenvalue weighted by Gasteiger charge is -2.28. The van der Waals surface area contributed by atoms with E-state index in [1.54, 1.807) is 0 Å². The van der Waals surface area contributed by atoms with Crippen LogP contribution in [0.5, 0.6) is 0 Å². The van der Waals surface area contributed by atoms with Gasteiger partial charge >= 0.3 is 0 Å². The lowest BCUT2D eigenvalue weighted by Crippen LogP contribution is -2.11. The van der Waals surface area contributed by atoms with Gasteiger partial charge in [0.25, 0.3) is 0 Å². The van der Waals surface area contributed by atoms with Gasteiger partial charge in [-0.3, -0.25) is 0 Å². The van der Waals surface area contributed by atoms with E-state index in [-0.39, 0.29) is 0 Å². The average molecular weight is 645 g/mol. The van der Waals surface area contributed by atoms with Crippen LogP contribution >= 0.6 is 0 Å². The highest BCUT2D eigenvalue weighted by Gasteiger charge is 2.18. The first-order valence-electron chi connectivity index (χ1n) is 17.6. The maximum absolute atomic E-state index is 2.39. The van der Waals surface area contributed by atoms with Crippen LogP contribution in [-0.2, 0) is 12.8 Å². The summed E-state index contributed by atoms with van der Waals surface area (Å²) in [5, 5.41) is 4.93. The Bertz CT molecular complexity index is 2220. The topological polar surface area (TPSA) is 6.48 Å². The van der Waals surface area contributed by atoms with Gasteiger partial charge in [-0.2, -0.15) is 0 Å². The van der Waals surface area contributed by atoms with E-state index >= 15 is 0 Å². The number of aryl methyl sites for hydroxylation is 2. The van der Waals surface area contributed by atoms with E-state index in [1.807, 2.05) is 0 Å². The standard InChI is InChI=1S/C48H40N2/c1-3-35-13-9-19-43(33-35)49(47-23-11-17-39-15-5-7-21-45(39)47)41-29-25-37(26-30-41)38-27-31-42(32-28-38)50(44-20-10-14-36(4-2)34-44)48-24-12-18-40-16-6-8-22-46(40)48/h5-34H,3-4H2,1-2H3. The van der Waals surface area contributed by atoms with Crippen molar-refractivity contribution in [3.8, 4) is 11.1 Å². The largest absolute Gasteiger partial charge is 0.310 e. The van der Waals surface area contributed by atoms with Gasteiger partial charge in [0.1, 0.15) is 0 Å². The fraction of sp³-hybridized carbons (Fsp3) is 0.0833. The van der Waals surface area contributed by atoms with E-state index in [9.17, 15) is 0 Å². The Hall–Kier alpha value is -6.12. The Labute approximate surface area is 295 Å². The molecular weight excluding hydrogens is 605 g/mol. The van der Waals surface area contributed by atoms with E-state index in [1.165, 1.54) is 66.5 Å².